The number of carbonyl (C=O) groups excluding carboxylic acids is 2. The topological polar surface area (TPSA) is 106 Å². The Balaban J connectivity index is 1.28. The van der Waals surface area contributed by atoms with E-state index in [4.69, 9.17) is 14.2 Å². The maximum Gasteiger partial charge on any atom is 0.265 e. The van der Waals surface area contributed by atoms with E-state index in [1.165, 1.54) is 11.3 Å². The molecule has 0 saturated carbocycles. The van der Waals surface area contributed by atoms with E-state index >= 15 is 0 Å². The summed E-state index contributed by atoms with van der Waals surface area (Å²) < 4.78 is 17.7. The van der Waals surface area contributed by atoms with Crippen LogP contribution in [0.15, 0.2) is 60.7 Å². The zero-order chi connectivity index (χ0) is 26.9. The smallest absolute Gasteiger partial charge is 0.265 e. The minimum absolute atomic E-state index is 0.165. The largest absolute Gasteiger partial charge is 0.491 e. The highest BCUT2D eigenvalue weighted by molar-refractivity contribution is 7.20. The summed E-state index contributed by atoms with van der Waals surface area (Å²) in [6.07, 6.45) is 0. The molecule has 0 atom stereocenters. The fourth-order valence-corrected chi connectivity index (χ4v) is 4.87. The highest BCUT2D eigenvalue weighted by Crippen LogP contribution is 2.32. The molecule has 4 aromatic rings. The van der Waals surface area contributed by atoms with Crippen LogP contribution in [-0.2, 0) is 0 Å². The van der Waals surface area contributed by atoms with E-state index < -0.39 is 5.60 Å². The van der Waals surface area contributed by atoms with Gasteiger partial charge in [0.15, 0.2) is 11.5 Å². The van der Waals surface area contributed by atoms with Gasteiger partial charge in [0, 0.05) is 21.6 Å². The number of hydrogen-bond donors (Lipinski definition) is 3. The van der Waals surface area contributed by atoms with Crippen LogP contribution in [0.3, 0.4) is 0 Å². The second-order valence-corrected chi connectivity index (χ2v) is 10.8. The predicted molar refractivity (Wildman–Crippen MR) is 148 cm³/mol. The third-order valence-corrected chi connectivity index (χ3v) is 6.95. The molecule has 3 aromatic carbocycles. The summed E-state index contributed by atoms with van der Waals surface area (Å²) in [4.78, 5) is 26.5. The van der Waals surface area contributed by atoms with Crippen LogP contribution in [0.5, 0.6) is 17.2 Å². The van der Waals surface area contributed by atoms with Crippen molar-refractivity contribution in [2.24, 2.45) is 0 Å². The Labute approximate surface area is 224 Å². The average molecular weight is 533 g/mol. The highest BCUT2D eigenvalue weighted by Gasteiger charge is 2.17. The monoisotopic (exact) mass is 532 g/mol. The molecule has 0 spiro atoms. The molecule has 0 unspecified atom stereocenters. The third kappa shape index (κ3) is 5.90. The van der Waals surface area contributed by atoms with Gasteiger partial charge in [-0.3, -0.25) is 9.59 Å². The molecule has 8 nitrogen and oxygen atoms in total. The van der Waals surface area contributed by atoms with Gasteiger partial charge in [-0.2, -0.15) is 0 Å². The Kier molecular flexibility index (Phi) is 6.96. The van der Waals surface area contributed by atoms with Crippen LogP contribution in [0.25, 0.3) is 10.1 Å². The van der Waals surface area contributed by atoms with Crippen molar-refractivity contribution in [2.75, 3.05) is 30.5 Å². The number of fused-ring (bicyclic) bond motifs is 2. The molecular weight excluding hydrogens is 504 g/mol. The van der Waals surface area contributed by atoms with Gasteiger partial charge < -0.3 is 30.0 Å². The molecule has 1 aromatic heterocycles. The van der Waals surface area contributed by atoms with Gasteiger partial charge in [-0.25, -0.2) is 0 Å². The number of rotatable bonds is 7. The number of nitrogens with one attached hydrogen (secondary N) is 2. The van der Waals surface area contributed by atoms with Crippen molar-refractivity contribution >= 4 is 44.6 Å². The summed E-state index contributed by atoms with van der Waals surface area (Å²) in [6, 6.07) is 17.8. The molecule has 2 amide bonds. The van der Waals surface area contributed by atoms with Gasteiger partial charge >= 0.3 is 0 Å². The van der Waals surface area contributed by atoms with E-state index in [9.17, 15) is 14.7 Å². The summed E-state index contributed by atoms with van der Waals surface area (Å²) in [5.74, 6) is 1.25. The molecule has 1 aliphatic heterocycles. The molecule has 0 radical (unpaired) electrons. The summed E-state index contributed by atoms with van der Waals surface area (Å²) in [5, 5.41) is 16.7. The average Bonchev–Trinajstić information content (AvgIpc) is 3.32. The number of aliphatic hydroxyl groups is 1. The second-order valence-electron chi connectivity index (χ2n) is 9.71. The molecule has 3 N–H and O–H groups in total. The Morgan fingerprint density at radius 1 is 0.947 bits per heavy atom. The van der Waals surface area contributed by atoms with Gasteiger partial charge in [-0.1, -0.05) is 6.07 Å². The maximum absolute atomic E-state index is 13.1. The first-order valence-corrected chi connectivity index (χ1v) is 13.0. The van der Waals surface area contributed by atoms with Crippen LogP contribution in [0, 0.1) is 6.92 Å². The molecule has 0 aliphatic carbocycles. The lowest BCUT2D eigenvalue weighted by Crippen LogP contribution is -2.27. The number of ether oxygens (including phenoxy) is 3. The van der Waals surface area contributed by atoms with Crippen LogP contribution in [0.2, 0.25) is 0 Å². The van der Waals surface area contributed by atoms with Crippen molar-refractivity contribution < 1.29 is 28.9 Å². The predicted octanol–water partition coefficient (Wildman–Crippen LogP) is 5.64. The van der Waals surface area contributed by atoms with E-state index in [0.717, 1.165) is 15.6 Å². The Morgan fingerprint density at radius 3 is 2.53 bits per heavy atom. The van der Waals surface area contributed by atoms with Crippen molar-refractivity contribution in [3.05, 3.63) is 76.7 Å². The molecule has 0 saturated heterocycles. The number of benzene rings is 3. The Bertz CT molecular complexity index is 1520. The van der Waals surface area contributed by atoms with Crippen molar-refractivity contribution in [1.82, 2.24) is 0 Å². The lowest BCUT2D eigenvalue weighted by Gasteiger charge is -2.18. The molecule has 196 valence electrons. The Morgan fingerprint density at radius 2 is 1.74 bits per heavy atom. The number of thiophene rings is 1. The van der Waals surface area contributed by atoms with Gasteiger partial charge in [0.2, 0.25) is 0 Å². The quantitative estimate of drug-likeness (QED) is 0.285. The van der Waals surface area contributed by atoms with E-state index in [2.05, 4.69) is 10.6 Å². The molecular formula is C29H28N2O6S. The summed E-state index contributed by atoms with van der Waals surface area (Å²) in [5.41, 5.74) is 1.51. The van der Waals surface area contributed by atoms with Crippen LogP contribution in [0.1, 0.15) is 39.4 Å². The van der Waals surface area contributed by atoms with Crippen LogP contribution < -0.4 is 24.8 Å². The Hall–Kier alpha value is -4.08. The number of anilines is 2. The first-order valence-electron chi connectivity index (χ1n) is 12.2. The van der Waals surface area contributed by atoms with Crippen LogP contribution >= 0.6 is 11.3 Å². The fraction of sp³-hybridized carbons (Fsp3) is 0.241. The second kappa shape index (κ2) is 10.4. The first-order chi connectivity index (χ1) is 18.1. The van der Waals surface area contributed by atoms with Gasteiger partial charge in [0.25, 0.3) is 11.8 Å². The number of aryl methyl sites for hydroxylation is 1. The van der Waals surface area contributed by atoms with Crippen molar-refractivity contribution in [2.45, 2.75) is 26.4 Å². The van der Waals surface area contributed by atoms with Gasteiger partial charge in [0.05, 0.1) is 10.5 Å². The van der Waals surface area contributed by atoms with Crippen molar-refractivity contribution in [3.8, 4) is 17.2 Å². The van der Waals surface area contributed by atoms with E-state index in [1.807, 2.05) is 37.3 Å². The molecule has 0 bridgehead atoms. The summed E-state index contributed by atoms with van der Waals surface area (Å²) in [6.45, 7) is 6.34. The van der Waals surface area contributed by atoms with Gasteiger partial charge in [0.1, 0.15) is 25.6 Å². The molecule has 5 rings (SSSR count). The molecule has 2 heterocycles. The molecule has 9 heteroatoms. The fourth-order valence-electron chi connectivity index (χ4n) is 3.88. The zero-order valence-electron chi connectivity index (χ0n) is 21.3. The lowest BCUT2D eigenvalue weighted by atomic mass is 10.1. The van der Waals surface area contributed by atoms with Gasteiger partial charge in [-0.15, -0.1) is 11.3 Å². The number of amides is 2. The zero-order valence-corrected chi connectivity index (χ0v) is 22.1. The normalized spacial score (nSPS) is 12.7. The van der Waals surface area contributed by atoms with Crippen LogP contribution in [-0.4, -0.2) is 42.3 Å². The molecule has 0 fully saturated rings. The van der Waals surface area contributed by atoms with Crippen molar-refractivity contribution in [1.29, 1.82) is 0 Å². The summed E-state index contributed by atoms with van der Waals surface area (Å²) >= 11 is 1.35. The minimum Gasteiger partial charge on any atom is -0.491 e. The minimum atomic E-state index is -0.939. The van der Waals surface area contributed by atoms with Crippen molar-refractivity contribution in [3.63, 3.8) is 0 Å². The molecule has 1 aliphatic rings. The highest BCUT2D eigenvalue weighted by atomic mass is 32.1. The first kappa shape index (κ1) is 25.6. The third-order valence-electron chi connectivity index (χ3n) is 5.86. The standard InChI is InChI=1S/C29H28N2O6S/c1-17-4-7-20(30-27(32)19-6-9-23-24(12-19)36-11-10-35-23)14-22(17)31-28(33)26-13-18-5-8-21(15-25(18)38-26)37-16-29(2,3)34/h4-9,12-15,34H,10-11,16H2,1-3H3,(H,30,32)(H,31,33). The maximum atomic E-state index is 13.1. The van der Waals surface area contributed by atoms with E-state index in [-0.39, 0.29) is 18.4 Å². The number of hydrogen-bond acceptors (Lipinski definition) is 7. The van der Waals surface area contributed by atoms with E-state index in [0.29, 0.717) is 52.3 Å². The summed E-state index contributed by atoms with van der Waals surface area (Å²) in [7, 11) is 0. The molecule has 38 heavy (non-hydrogen) atoms. The number of carbonyl (C=O) groups is 2. The lowest BCUT2D eigenvalue weighted by molar-refractivity contribution is 0.0285. The van der Waals surface area contributed by atoms with E-state index in [1.54, 1.807) is 44.2 Å². The SMILES string of the molecule is Cc1ccc(NC(=O)c2ccc3c(c2)OCCO3)cc1NC(=O)c1cc2ccc(OCC(C)(C)O)cc2s1. The van der Waals surface area contributed by atoms with Gasteiger partial charge in [-0.05, 0) is 86.3 Å². The van der Waals surface area contributed by atoms with Crippen LogP contribution in [0.4, 0.5) is 11.4 Å².